The first kappa shape index (κ1) is 14.7. The smallest absolute Gasteiger partial charge is 0.340 e. The minimum absolute atomic E-state index is 0.183. The molecule has 0 bridgehead atoms. The highest BCUT2D eigenvalue weighted by atomic mass is 16.6. The Bertz CT molecular complexity index is 328. The van der Waals surface area contributed by atoms with Crippen molar-refractivity contribution in [1.29, 1.82) is 0 Å². The van der Waals surface area contributed by atoms with E-state index in [0.29, 0.717) is 0 Å². The van der Waals surface area contributed by atoms with E-state index in [4.69, 9.17) is 15.9 Å². The van der Waals surface area contributed by atoms with E-state index in [1.54, 1.807) is 0 Å². The predicted octanol–water partition coefficient (Wildman–Crippen LogP) is -3.83. The van der Waals surface area contributed by atoms with Gasteiger partial charge in [-0.05, 0) is 0 Å². The topological polar surface area (TPSA) is 186 Å². The molecule has 2 amide bonds. The number of urea groups is 1. The number of aliphatic hydroxyl groups is 5. The molecule has 0 spiro atoms. The van der Waals surface area contributed by atoms with Gasteiger partial charge in [-0.3, -0.25) is 0 Å². The lowest BCUT2D eigenvalue weighted by molar-refractivity contribution is -0.175. The minimum atomic E-state index is -2.20. The highest BCUT2D eigenvalue weighted by molar-refractivity contribution is 5.71. The van der Waals surface area contributed by atoms with Crippen molar-refractivity contribution in [2.24, 2.45) is 11.0 Å². The van der Waals surface area contributed by atoms with E-state index in [9.17, 15) is 25.0 Å². The number of amides is 2. The minimum Gasteiger partial charge on any atom is -0.387 e. The van der Waals surface area contributed by atoms with Gasteiger partial charge in [0, 0.05) is 0 Å². The number of nitrogens with zero attached hydrogens (tertiary/aromatic N) is 2. The zero-order valence-electron chi connectivity index (χ0n) is 8.90. The molecular formula is C7H13N3O8. The third-order valence-electron chi connectivity index (χ3n) is 2.48. The summed E-state index contributed by atoms with van der Waals surface area (Å²) in [6.45, 7) is 0. The molecule has 1 saturated heterocycles. The van der Waals surface area contributed by atoms with E-state index in [-0.39, 0.29) is 5.01 Å². The molecule has 0 aliphatic carbocycles. The van der Waals surface area contributed by atoms with Crippen molar-refractivity contribution in [3.63, 3.8) is 0 Å². The standard InChI is InChI=1S/C7H13N3O8/c8-7(16)10(9-17)5(14)3(13)4-1(11)2(12)6(15)18-4/h1-6,11-15H,(H2,8,16)/t1-,2-,3+,4+,5?,6?/m1/s1. The molecule has 1 heterocycles. The second kappa shape index (κ2) is 5.51. The molecule has 18 heavy (non-hydrogen) atoms. The van der Waals surface area contributed by atoms with E-state index >= 15 is 0 Å². The van der Waals surface area contributed by atoms with E-state index in [0.717, 1.165) is 0 Å². The fourth-order valence-electron chi connectivity index (χ4n) is 1.50. The summed E-state index contributed by atoms with van der Waals surface area (Å²) >= 11 is 0. The first-order valence-electron chi connectivity index (χ1n) is 4.79. The van der Waals surface area contributed by atoms with Gasteiger partial charge in [0.15, 0.2) is 12.5 Å². The molecule has 0 saturated carbocycles. The van der Waals surface area contributed by atoms with Crippen LogP contribution in [0.5, 0.6) is 0 Å². The lowest BCUT2D eigenvalue weighted by Crippen LogP contribution is -2.53. The van der Waals surface area contributed by atoms with E-state index < -0.39 is 43.0 Å². The first-order chi connectivity index (χ1) is 8.31. The summed E-state index contributed by atoms with van der Waals surface area (Å²) in [7, 11) is 0. The second-order valence-corrected chi connectivity index (χ2v) is 3.64. The van der Waals surface area contributed by atoms with Gasteiger partial charge >= 0.3 is 6.03 Å². The average molecular weight is 267 g/mol. The van der Waals surface area contributed by atoms with Crippen molar-refractivity contribution in [2.75, 3.05) is 0 Å². The van der Waals surface area contributed by atoms with E-state index in [1.807, 2.05) is 0 Å². The van der Waals surface area contributed by atoms with E-state index in [1.165, 1.54) is 0 Å². The molecule has 1 rings (SSSR count). The van der Waals surface area contributed by atoms with Crippen LogP contribution in [0, 0.1) is 4.91 Å². The van der Waals surface area contributed by atoms with E-state index in [2.05, 4.69) is 10.0 Å². The largest absolute Gasteiger partial charge is 0.387 e. The predicted molar refractivity (Wildman–Crippen MR) is 52.1 cm³/mol. The summed E-state index contributed by atoms with van der Waals surface area (Å²) in [4.78, 5) is 20.9. The van der Waals surface area contributed by atoms with Crippen molar-refractivity contribution in [3.05, 3.63) is 4.91 Å². The molecule has 6 atom stereocenters. The molecule has 0 aromatic carbocycles. The van der Waals surface area contributed by atoms with Crippen LogP contribution < -0.4 is 5.73 Å². The molecule has 104 valence electrons. The van der Waals surface area contributed by atoms with Crippen LogP contribution in [0.25, 0.3) is 0 Å². The molecule has 0 radical (unpaired) electrons. The van der Waals surface area contributed by atoms with Crippen LogP contribution in [-0.4, -0.2) is 73.5 Å². The summed E-state index contributed by atoms with van der Waals surface area (Å²) in [5, 5.41) is 48.5. The normalized spacial score (nSPS) is 34.9. The van der Waals surface area contributed by atoms with Gasteiger partial charge in [0.1, 0.15) is 24.4 Å². The van der Waals surface area contributed by atoms with Crippen LogP contribution in [0.3, 0.4) is 0 Å². The Morgan fingerprint density at radius 2 is 1.83 bits per heavy atom. The summed E-state index contributed by atoms with van der Waals surface area (Å²) < 4.78 is 4.57. The van der Waals surface area contributed by atoms with Crippen LogP contribution in [0.15, 0.2) is 5.29 Å². The number of aliphatic hydroxyl groups excluding tert-OH is 5. The van der Waals surface area contributed by atoms with Crippen molar-refractivity contribution in [2.45, 2.75) is 36.9 Å². The van der Waals surface area contributed by atoms with Gasteiger partial charge in [-0.1, -0.05) is 0 Å². The molecule has 0 aromatic rings. The van der Waals surface area contributed by atoms with Crippen LogP contribution in [-0.2, 0) is 4.74 Å². The Hall–Kier alpha value is -1.37. The Balaban J connectivity index is 2.78. The number of rotatable bonds is 4. The maximum Gasteiger partial charge on any atom is 0.340 e. The molecular weight excluding hydrogens is 254 g/mol. The SMILES string of the molecule is NC(=O)N(N=O)C(O)[C@@H](O)[C@H]1OC(O)[C@H](O)[C@H]1O. The fraction of sp³-hybridized carbons (Fsp3) is 0.857. The molecule has 11 nitrogen and oxygen atoms in total. The maximum atomic E-state index is 10.7. The number of hydrogen-bond donors (Lipinski definition) is 6. The van der Waals surface area contributed by atoms with Crippen molar-refractivity contribution >= 4 is 6.03 Å². The molecule has 1 aliphatic heterocycles. The van der Waals surface area contributed by atoms with Gasteiger partial charge in [0.2, 0.25) is 0 Å². The number of carbonyl (C=O) groups excluding carboxylic acids is 1. The summed E-state index contributed by atoms with van der Waals surface area (Å²) in [5.41, 5.74) is 4.69. The van der Waals surface area contributed by atoms with Gasteiger partial charge in [0.25, 0.3) is 0 Å². The second-order valence-electron chi connectivity index (χ2n) is 3.64. The van der Waals surface area contributed by atoms with Gasteiger partial charge in [-0.2, -0.15) is 0 Å². The molecule has 2 unspecified atom stereocenters. The Labute approximate surface area is 99.9 Å². The lowest BCUT2D eigenvalue weighted by Gasteiger charge is -2.27. The zero-order valence-corrected chi connectivity index (χ0v) is 8.90. The molecule has 11 heteroatoms. The number of nitrogens with two attached hydrogens (primary N) is 1. The zero-order chi connectivity index (χ0) is 14.0. The first-order valence-corrected chi connectivity index (χ1v) is 4.79. The third kappa shape index (κ3) is 2.55. The molecule has 7 N–H and O–H groups in total. The molecule has 1 fully saturated rings. The third-order valence-corrected chi connectivity index (χ3v) is 2.48. The van der Waals surface area contributed by atoms with Crippen LogP contribution in [0.2, 0.25) is 0 Å². The fourth-order valence-corrected chi connectivity index (χ4v) is 1.50. The van der Waals surface area contributed by atoms with Gasteiger partial charge in [0.05, 0.1) is 5.29 Å². The molecule has 0 aromatic heterocycles. The lowest BCUT2D eigenvalue weighted by atomic mass is 10.0. The Morgan fingerprint density at radius 3 is 2.17 bits per heavy atom. The monoisotopic (exact) mass is 267 g/mol. The highest BCUT2D eigenvalue weighted by Crippen LogP contribution is 2.24. The van der Waals surface area contributed by atoms with Crippen molar-refractivity contribution < 1.29 is 35.1 Å². The van der Waals surface area contributed by atoms with Crippen molar-refractivity contribution in [3.8, 4) is 0 Å². The van der Waals surface area contributed by atoms with Gasteiger partial charge < -0.3 is 36.0 Å². The Morgan fingerprint density at radius 1 is 1.28 bits per heavy atom. The number of hydrogen-bond acceptors (Lipinski definition) is 9. The number of ether oxygens (including phenoxy) is 1. The summed E-state index contributed by atoms with van der Waals surface area (Å²) in [5.74, 6) is 0. The van der Waals surface area contributed by atoms with Crippen molar-refractivity contribution in [1.82, 2.24) is 5.01 Å². The summed E-state index contributed by atoms with van der Waals surface area (Å²) in [6.07, 6.45) is -11.1. The number of nitroso groups, excluding NO2 is 1. The average Bonchev–Trinajstić information content (AvgIpc) is 2.56. The summed E-state index contributed by atoms with van der Waals surface area (Å²) in [6, 6.07) is -1.44. The Kier molecular flexibility index (Phi) is 4.50. The highest BCUT2D eigenvalue weighted by Gasteiger charge is 2.48. The van der Waals surface area contributed by atoms with Crippen LogP contribution >= 0.6 is 0 Å². The molecule has 1 aliphatic rings. The van der Waals surface area contributed by atoms with Crippen LogP contribution in [0.4, 0.5) is 4.79 Å². The maximum absolute atomic E-state index is 10.7. The van der Waals surface area contributed by atoms with Gasteiger partial charge in [-0.15, -0.1) is 9.92 Å². The van der Waals surface area contributed by atoms with Gasteiger partial charge in [-0.25, -0.2) is 4.79 Å². The number of primary amides is 1. The quantitative estimate of drug-likeness (QED) is 0.170. The van der Waals surface area contributed by atoms with Crippen LogP contribution in [0.1, 0.15) is 0 Å². The number of carbonyl (C=O) groups is 1.